The molecule has 1 rings (SSSR count). The molecular weight excluding hydrogens is 223 g/mol. The lowest BCUT2D eigenvalue weighted by Gasteiger charge is -2.14. The van der Waals surface area contributed by atoms with Gasteiger partial charge in [-0.1, -0.05) is 0 Å². The Balaban J connectivity index is 2.63. The van der Waals surface area contributed by atoms with Crippen LogP contribution in [0.1, 0.15) is 24.2 Å². The van der Waals surface area contributed by atoms with Crippen molar-refractivity contribution in [2.75, 3.05) is 18.9 Å². The number of hydrogen-bond donors (Lipinski definition) is 2. The molecule has 17 heavy (non-hydrogen) atoms. The van der Waals surface area contributed by atoms with E-state index in [1.165, 1.54) is 12.1 Å². The Hall–Kier alpha value is -1.62. The second-order valence-electron chi connectivity index (χ2n) is 3.77. The molecule has 1 atom stereocenters. The Morgan fingerprint density at radius 2 is 2.29 bits per heavy atom. The third-order valence-corrected chi connectivity index (χ3v) is 2.21. The van der Waals surface area contributed by atoms with E-state index in [2.05, 4.69) is 5.32 Å². The Morgan fingerprint density at radius 3 is 2.88 bits per heavy atom. The third-order valence-electron chi connectivity index (χ3n) is 2.21. The van der Waals surface area contributed by atoms with Gasteiger partial charge in [-0.3, -0.25) is 4.79 Å². The van der Waals surface area contributed by atoms with Crippen LogP contribution in [0.3, 0.4) is 0 Å². The number of nitrogens with two attached hydrogens (primary N) is 1. The highest BCUT2D eigenvalue weighted by Crippen LogP contribution is 2.13. The van der Waals surface area contributed by atoms with Gasteiger partial charge in [0.2, 0.25) is 0 Å². The van der Waals surface area contributed by atoms with Crippen LogP contribution in [0.2, 0.25) is 0 Å². The van der Waals surface area contributed by atoms with Crippen molar-refractivity contribution >= 4 is 11.6 Å². The van der Waals surface area contributed by atoms with E-state index in [1.807, 2.05) is 13.8 Å². The van der Waals surface area contributed by atoms with Crippen LogP contribution in [0.4, 0.5) is 10.1 Å². The van der Waals surface area contributed by atoms with Gasteiger partial charge in [-0.05, 0) is 32.0 Å². The predicted molar refractivity (Wildman–Crippen MR) is 64.2 cm³/mol. The van der Waals surface area contributed by atoms with Crippen LogP contribution >= 0.6 is 0 Å². The molecule has 1 amide bonds. The first-order valence-electron chi connectivity index (χ1n) is 5.48. The maximum atomic E-state index is 12.8. The zero-order valence-corrected chi connectivity index (χ0v) is 10.00. The Kier molecular flexibility index (Phi) is 4.90. The number of nitrogen functional groups attached to an aromatic ring is 1. The molecule has 0 bridgehead atoms. The van der Waals surface area contributed by atoms with E-state index in [1.54, 1.807) is 0 Å². The number of ether oxygens (including phenoxy) is 1. The van der Waals surface area contributed by atoms with Crippen LogP contribution in [-0.2, 0) is 4.74 Å². The molecule has 0 radical (unpaired) electrons. The number of carbonyl (C=O) groups is 1. The van der Waals surface area contributed by atoms with Crippen LogP contribution < -0.4 is 11.1 Å². The summed E-state index contributed by atoms with van der Waals surface area (Å²) >= 11 is 0. The molecule has 4 nitrogen and oxygen atoms in total. The zero-order chi connectivity index (χ0) is 12.8. The van der Waals surface area contributed by atoms with Gasteiger partial charge in [0.25, 0.3) is 5.91 Å². The second-order valence-corrected chi connectivity index (χ2v) is 3.77. The summed E-state index contributed by atoms with van der Waals surface area (Å²) in [6.07, 6.45) is 0. The molecule has 0 aliphatic heterocycles. The van der Waals surface area contributed by atoms with Gasteiger partial charge in [-0.2, -0.15) is 0 Å². The molecule has 0 aromatic heterocycles. The van der Waals surface area contributed by atoms with Gasteiger partial charge in [-0.15, -0.1) is 0 Å². The summed E-state index contributed by atoms with van der Waals surface area (Å²) in [6.45, 7) is 4.74. The molecule has 5 heteroatoms. The standard InChI is InChI=1S/C12H17FN2O2/c1-3-17-7-8(2)15-12(16)10-5-4-9(13)6-11(10)14/h4-6,8H,3,7,14H2,1-2H3,(H,15,16). The highest BCUT2D eigenvalue weighted by atomic mass is 19.1. The van der Waals surface area contributed by atoms with E-state index in [0.717, 1.165) is 6.07 Å². The van der Waals surface area contributed by atoms with Gasteiger partial charge in [0.05, 0.1) is 12.2 Å². The van der Waals surface area contributed by atoms with Gasteiger partial charge in [0.15, 0.2) is 0 Å². The number of halogens is 1. The van der Waals surface area contributed by atoms with Crippen molar-refractivity contribution in [3.05, 3.63) is 29.6 Å². The van der Waals surface area contributed by atoms with Crippen molar-refractivity contribution in [2.45, 2.75) is 19.9 Å². The van der Waals surface area contributed by atoms with Crippen LogP contribution in [0.15, 0.2) is 18.2 Å². The fourth-order valence-corrected chi connectivity index (χ4v) is 1.38. The molecule has 0 fully saturated rings. The number of rotatable bonds is 5. The van der Waals surface area contributed by atoms with Gasteiger partial charge < -0.3 is 15.8 Å². The van der Waals surface area contributed by atoms with Crippen LogP contribution in [-0.4, -0.2) is 25.2 Å². The summed E-state index contributed by atoms with van der Waals surface area (Å²) in [7, 11) is 0. The number of nitrogens with one attached hydrogen (secondary N) is 1. The normalized spacial score (nSPS) is 12.2. The number of hydrogen-bond acceptors (Lipinski definition) is 3. The average Bonchev–Trinajstić information content (AvgIpc) is 2.26. The topological polar surface area (TPSA) is 64.3 Å². The first-order chi connectivity index (χ1) is 8.04. The molecule has 0 spiro atoms. The summed E-state index contributed by atoms with van der Waals surface area (Å²) in [6, 6.07) is 3.58. The van der Waals surface area contributed by atoms with Crippen molar-refractivity contribution in [3.63, 3.8) is 0 Å². The maximum Gasteiger partial charge on any atom is 0.253 e. The van der Waals surface area contributed by atoms with E-state index >= 15 is 0 Å². The fourth-order valence-electron chi connectivity index (χ4n) is 1.38. The minimum Gasteiger partial charge on any atom is -0.398 e. The van der Waals surface area contributed by atoms with Crippen LogP contribution in [0.25, 0.3) is 0 Å². The van der Waals surface area contributed by atoms with E-state index in [4.69, 9.17) is 10.5 Å². The Morgan fingerprint density at radius 1 is 1.59 bits per heavy atom. The molecule has 3 N–H and O–H groups in total. The van der Waals surface area contributed by atoms with Crippen molar-refractivity contribution in [2.24, 2.45) is 0 Å². The van der Waals surface area contributed by atoms with Gasteiger partial charge in [-0.25, -0.2) is 4.39 Å². The number of amides is 1. The van der Waals surface area contributed by atoms with Gasteiger partial charge in [0, 0.05) is 18.3 Å². The van der Waals surface area contributed by atoms with E-state index in [-0.39, 0.29) is 23.2 Å². The number of benzene rings is 1. The highest BCUT2D eigenvalue weighted by Gasteiger charge is 2.12. The highest BCUT2D eigenvalue weighted by molar-refractivity contribution is 5.99. The third kappa shape index (κ3) is 4.03. The molecule has 94 valence electrons. The lowest BCUT2D eigenvalue weighted by molar-refractivity contribution is 0.0873. The lowest BCUT2D eigenvalue weighted by atomic mass is 10.1. The van der Waals surface area contributed by atoms with Crippen molar-refractivity contribution in [1.29, 1.82) is 0 Å². The minimum atomic E-state index is -0.457. The largest absolute Gasteiger partial charge is 0.398 e. The van der Waals surface area contributed by atoms with Crippen LogP contribution in [0.5, 0.6) is 0 Å². The Labute approximate surface area is 100.0 Å². The smallest absolute Gasteiger partial charge is 0.253 e. The molecule has 0 aliphatic rings. The molecule has 0 aliphatic carbocycles. The fraction of sp³-hybridized carbons (Fsp3) is 0.417. The summed E-state index contributed by atoms with van der Waals surface area (Å²) in [5, 5.41) is 2.72. The van der Waals surface area contributed by atoms with Crippen molar-refractivity contribution in [1.82, 2.24) is 5.32 Å². The van der Waals surface area contributed by atoms with Gasteiger partial charge in [0.1, 0.15) is 5.82 Å². The van der Waals surface area contributed by atoms with Crippen molar-refractivity contribution in [3.8, 4) is 0 Å². The summed E-state index contributed by atoms with van der Waals surface area (Å²) < 4.78 is 18.0. The molecule has 0 saturated heterocycles. The summed E-state index contributed by atoms with van der Waals surface area (Å²) in [5.74, 6) is -0.781. The summed E-state index contributed by atoms with van der Waals surface area (Å²) in [5.41, 5.74) is 5.97. The molecular formula is C12H17FN2O2. The van der Waals surface area contributed by atoms with E-state index in [9.17, 15) is 9.18 Å². The lowest BCUT2D eigenvalue weighted by Crippen LogP contribution is -2.36. The SMILES string of the molecule is CCOCC(C)NC(=O)c1ccc(F)cc1N. The van der Waals surface area contributed by atoms with Crippen molar-refractivity contribution < 1.29 is 13.9 Å². The second kappa shape index (κ2) is 6.20. The monoisotopic (exact) mass is 240 g/mol. The number of carbonyl (C=O) groups excluding carboxylic acids is 1. The first-order valence-corrected chi connectivity index (χ1v) is 5.48. The maximum absolute atomic E-state index is 12.8. The average molecular weight is 240 g/mol. The van der Waals surface area contributed by atoms with Crippen LogP contribution in [0, 0.1) is 5.82 Å². The molecule has 1 aromatic carbocycles. The summed E-state index contributed by atoms with van der Waals surface area (Å²) in [4.78, 5) is 11.8. The molecule has 0 heterocycles. The van der Waals surface area contributed by atoms with E-state index < -0.39 is 5.82 Å². The Bertz CT molecular complexity index is 396. The number of anilines is 1. The first kappa shape index (κ1) is 13.4. The quantitative estimate of drug-likeness (QED) is 0.768. The zero-order valence-electron chi connectivity index (χ0n) is 10.00. The molecule has 1 aromatic rings. The minimum absolute atomic E-state index is 0.119. The molecule has 1 unspecified atom stereocenters. The predicted octanol–water partition coefficient (Wildman–Crippen LogP) is 1.56. The van der Waals surface area contributed by atoms with Gasteiger partial charge >= 0.3 is 0 Å². The molecule has 0 saturated carbocycles. The van der Waals surface area contributed by atoms with E-state index in [0.29, 0.717) is 13.2 Å².